The number of aryl methyl sites for hydroxylation is 1. The van der Waals surface area contributed by atoms with Crippen LogP contribution in [0.25, 0.3) is 11.1 Å². The van der Waals surface area contributed by atoms with E-state index in [2.05, 4.69) is 60.0 Å². The van der Waals surface area contributed by atoms with Gasteiger partial charge in [0.2, 0.25) is 0 Å². The Bertz CT molecular complexity index is 916. The second-order valence-corrected chi connectivity index (χ2v) is 6.47. The van der Waals surface area contributed by atoms with E-state index in [0.29, 0.717) is 5.11 Å². The maximum Gasteiger partial charge on any atom is 0.191 e. The minimum absolute atomic E-state index is 0.468. The van der Waals surface area contributed by atoms with Gasteiger partial charge < -0.3 is 5.32 Å². The largest absolute Gasteiger partial charge is 0.331 e. The first-order chi connectivity index (χ1) is 12.6. The smallest absolute Gasteiger partial charge is 0.191 e. The molecule has 26 heavy (non-hydrogen) atoms. The summed E-state index contributed by atoms with van der Waals surface area (Å²) in [5.41, 5.74) is 9.64. The van der Waals surface area contributed by atoms with Gasteiger partial charge in [0.05, 0.1) is 6.21 Å². The van der Waals surface area contributed by atoms with Crippen molar-refractivity contribution >= 4 is 29.2 Å². The molecular formula is C22H21N3S. The maximum absolute atomic E-state index is 5.30. The third-order valence-corrected chi connectivity index (χ3v) is 4.44. The molecule has 0 saturated heterocycles. The molecule has 0 aliphatic carbocycles. The molecule has 0 amide bonds. The zero-order valence-electron chi connectivity index (χ0n) is 14.9. The van der Waals surface area contributed by atoms with E-state index in [0.717, 1.165) is 11.3 Å². The SMILES string of the molecule is Cc1cccc(NC(=S)N/N=C\c2ccc(-c3ccccc3)cc2)c1C. The summed E-state index contributed by atoms with van der Waals surface area (Å²) in [5, 5.41) is 7.86. The van der Waals surface area contributed by atoms with Crippen LogP contribution < -0.4 is 10.7 Å². The molecule has 3 rings (SSSR count). The van der Waals surface area contributed by atoms with Crippen LogP contribution in [-0.4, -0.2) is 11.3 Å². The molecule has 0 aliphatic rings. The van der Waals surface area contributed by atoms with Crippen molar-refractivity contribution in [2.24, 2.45) is 5.10 Å². The summed E-state index contributed by atoms with van der Waals surface area (Å²) in [5.74, 6) is 0. The Morgan fingerprint density at radius 3 is 2.27 bits per heavy atom. The van der Waals surface area contributed by atoms with E-state index < -0.39 is 0 Å². The molecule has 0 heterocycles. The van der Waals surface area contributed by atoms with E-state index in [-0.39, 0.29) is 0 Å². The third-order valence-electron chi connectivity index (χ3n) is 4.25. The quantitative estimate of drug-likeness (QED) is 0.377. The molecular weight excluding hydrogens is 338 g/mol. The van der Waals surface area contributed by atoms with Gasteiger partial charge in [-0.1, -0.05) is 66.7 Å². The minimum atomic E-state index is 0.468. The molecule has 0 aliphatic heterocycles. The lowest BCUT2D eigenvalue weighted by Gasteiger charge is -2.11. The monoisotopic (exact) mass is 359 g/mol. The van der Waals surface area contributed by atoms with E-state index in [1.165, 1.54) is 22.3 Å². The Morgan fingerprint density at radius 1 is 0.846 bits per heavy atom. The third kappa shape index (κ3) is 4.55. The molecule has 0 atom stereocenters. The van der Waals surface area contributed by atoms with Gasteiger partial charge in [0.25, 0.3) is 0 Å². The molecule has 0 unspecified atom stereocenters. The second kappa shape index (κ2) is 8.41. The Labute approximate surface area is 159 Å². The van der Waals surface area contributed by atoms with Gasteiger partial charge in [0.1, 0.15) is 0 Å². The van der Waals surface area contributed by atoms with E-state index in [1.807, 2.05) is 42.5 Å². The van der Waals surface area contributed by atoms with Crippen molar-refractivity contribution in [3.05, 3.63) is 89.5 Å². The summed E-state index contributed by atoms with van der Waals surface area (Å²) >= 11 is 5.30. The number of hydrazone groups is 1. The number of rotatable bonds is 4. The van der Waals surface area contributed by atoms with Crippen LogP contribution in [-0.2, 0) is 0 Å². The molecule has 130 valence electrons. The molecule has 3 aromatic carbocycles. The van der Waals surface area contributed by atoms with Crippen molar-refractivity contribution in [2.75, 3.05) is 5.32 Å². The minimum Gasteiger partial charge on any atom is -0.331 e. The molecule has 3 aromatic rings. The first kappa shape index (κ1) is 17.8. The molecule has 3 nitrogen and oxygen atoms in total. The van der Waals surface area contributed by atoms with E-state index in [4.69, 9.17) is 12.2 Å². The van der Waals surface area contributed by atoms with Crippen molar-refractivity contribution < 1.29 is 0 Å². The normalized spacial score (nSPS) is 10.7. The molecule has 0 fully saturated rings. The summed E-state index contributed by atoms with van der Waals surface area (Å²) in [6, 6.07) is 24.6. The van der Waals surface area contributed by atoms with Crippen LogP contribution in [0.4, 0.5) is 5.69 Å². The van der Waals surface area contributed by atoms with Gasteiger partial charge in [-0.2, -0.15) is 5.10 Å². The van der Waals surface area contributed by atoms with Crippen molar-refractivity contribution in [3.63, 3.8) is 0 Å². The molecule has 0 saturated carbocycles. The average Bonchev–Trinajstić information content (AvgIpc) is 2.67. The lowest BCUT2D eigenvalue weighted by atomic mass is 10.0. The van der Waals surface area contributed by atoms with Crippen LogP contribution in [0.1, 0.15) is 16.7 Å². The second-order valence-electron chi connectivity index (χ2n) is 6.06. The zero-order valence-corrected chi connectivity index (χ0v) is 15.7. The first-order valence-electron chi connectivity index (χ1n) is 8.45. The highest BCUT2D eigenvalue weighted by Crippen LogP contribution is 2.19. The van der Waals surface area contributed by atoms with Crippen LogP contribution in [0.5, 0.6) is 0 Å². The van der Waals surface area contributed by atoms with Gasteiger partial charge in [-0.3, -0.25) is 5.43 Å². The van der Waals surface area contributed by atoms with Gasteiger partial charge in [0, 0.05) is 5.69 Å². The number of hydrogen-bond acceptors (Lipinski definition) is 2. The first-order valence-corrected chi connectivity index (χ1v) is 8.86. The predicted octanol–water partition coefficient (Wildman–Crippen LogP) is 5.29. The van der Waals surface area contributed by atoms with Gasteiger partial charge >= 0.3 is 0 Å². The summed E-state index contributed by atoms with van der Waals surface area (Å²) in [6.07, 6.45) is 1.76. The lowest BCUT2D eigenvalue weighted by molar-refractivity contribution is 1.05. The van der Waals surface area contributed by atoms with Gasteiger partial charge in [0.15, 0.2) is 5.11 Å². The maximum atomic E-state index is 5.30. The van der Waals surface area contributed by atoms with Crippen molar-refractivity contribution in [3.8, 4) is 11.1 Å². The fourth-order valence-electron chi connectivity index (χ4n) is 2.59. The highest BCUT2D eigenvalue weighted by Gasteiger charge is 2.02. The zero-order chi connectivity index (χ0) is 18.4. The number of benzene rings is 3. The summed E-state index contributed by atoms with van der Waals surface area (Å²) in [4.78, 5) is 0. The Hall–Kier alpha value is -2.98. The van der Waals surface area contributed by atoms with E-state index in [1.54, 1.807) is 6.21 Å². The van der Waals surface area contributed by atoms with Crippen LogP contribution in [0.3, 0.4) is 0 Å². The number of nitrogens with zero attached hydrogens (tertiary/aromatic N) is 1. The van der Waals surface area contributed by atoms with Gasteiger partial charge in [-0.25, -0.2) is 0 Å². The molecule has 0 spiro atoms. The molecule has 0 bridgehead atoms. The predicted molar refractivity (Wildman–Crippen MR) is 115 cm³/mol. The molecule has 0 aromatic heterocycles. The summed E-state index contributed by atoms with van der Waals surface area (Å²) in [7, 11) is 0. The standard InChI is InChI=1S/C22H21N3S/c1-16-7-6-10-21(17(16)2)24-22(26)25-23-15-18-11-13-20(14-12-18)19-8-4-3-5-9-19/h3-15H,1-2H3,(H2,24,25,26)/b23-15-. The van der Waals surface area contributed by atoms with Crippen LogP contribution in [0.2, 0.25) is 0 Å². The number of nitrogens with one attached hydrogen (secondary N) is 2. The summed E-state index contributed by atoms with van der Waals surface area (Å²) in [6.45, 7) is 4.14. The number of thiocarbonyl (C=S) groups is 1. The number of anilines is 1. The van der Waals surface area contributed by atoms with Gasteiger partial charge in [-0.05, 0) is 59.9 Å². The summed E-state index contributed by atoms with van der Waals surface area (Å²) < 4.78 is 0. The highest BCUT2D eigenvalue weighted by atomic mass is 32.1. The Balaban J connectivity index is 1.58. The molecule has 0 radical (unpaired) electrons. The van der Waals surface area contributed by atoms with E-state index >= 15 is 0 Å². The topological polar surface area (TPSA) is 36.4 Å². The van der Waals surface area contributed by atoms with Gasteiger partial charge in [-0.15, -0.1) is 0 Å². The van der Waals surface area contributed by atoms with Crippen LogP contribution in [0, 0.1) is 13.8 Å². The van der Waals surface area contributed by atoms with Crippen LogP contribution >= 0.6 is 12.2 Å². The number of hydrogen-bond donors (Lipinski definition) is 2. The van der Waals surface area contributed by atoms with Crippen molar-refractivity contribution in [1.82, 2.24) is 5.43 Å². The average molecular weight is 359 g/mol. The molecule has 2 N–H and O–H groups in total. The van der Waals surface area contributed by atoms with Crippen molar-refractivity contribution in [1.29, 1.82) is 0 Å². The Morgan fingerprint density at radius 2 is 1.54 bits per heavy atom. The Kier molecular flexibility index (Phi) is 5.77. The van der Waals surface area contributed by atoms with Crippen molar-refractivity contribution in [2.45, 2.75) is 13.8 Å². The van der Waals surface area contributed by atoms with E-state index in [9.17, 15) is 0 Å². The fraction of sp³-hybridized carbons (Fsp3) is 0.0909. The fourth-order valence-corrected chi connectivity index (χ4v) is 2.76. The lowest BCUT2D eigenvalue weighted by Crippen LogP contribution is -2.24. The van der Waals surface area contributed by atoms with Crippen LogP contribution in [0.15, 0.2) is 77.9 Å². The highest BCUT2D eigenvalue weighted by molar-refractivity contribution is 7.80. The molecule has 4 heteroatoms.